The van der Waals surface area contributed by atoms with Gasteiger partial charge in [-0.3, -0.25) is 9.59 Å². The van der Waals surface area contributed by atoms with Crippen molar-refractivity contribution in [1.82, 2.24) is 4.90 Å². The molecule has 0 saturated carbocycles. The van der Waals surface area contributed by atoms with Crippen LogP contribution in [-0.2, 0) is 21.9 Å². The molecule has 1 amide bonds. The number of ether oxygens (including phenoxy) is 1. The molecule has 1 fully saturated rings. The molecule has 4 rings (SSSR count). The maximum Gasteiger partial charge on any atom is 0.416 e. The van der Waals surface area contributed by atoms with Gasteiger partial charge in [0.15, 0.2) is 0 Å². The van der Waals surface area contributed by atoms with Gasteiger partial charge in [0.2, 0.25) is 0 Å². The summed E-state index contributed by atoms with van der Waals surface area (Å²) >= 11 is 0. The van der Waals surface area contributed by atoms with Crippen LogP contribution in [0.1, 0.15) is 84.5 Å². The van der Waals surface area contributed by atoms with Gasteiger partial charge < -0.3 is 9.64 Å². The van der Waals surface area contributed by atoms with Crippen LogP contribution in [0.4, 0.5) is 26.3 Å². The fourth-order valence-electron chi connectivity index (χ4n) is 5.63. The first-order chi connectivity index (χ1) is 20.7. The Hall–Kier alpha value is -3.82. The van der Waals surface area contributed by atoms with Gasteiger partial charge in [-0.2, -0.15) is 26.3 Å². The fourth-order valence-corrected chi connectivity index (χ4v) is 5.63. The van der Waals surface area contributed by atoms with Crippen molar-refractivity contribution in [2.45, 2.75) is 64.2 Å². The molecule has 4 nitrogen and oxygen atoms in total. The second-order valence-electron chi connectivity index (χ2n) is 11.6. The Labute approximate surface area is 253 Å². The van der Waals surface area contributed by atoms with Crippen molar-refractivity contribution in [2.24, 2.45) is 5.92 Å². The van der Waals surface area contributed by atoms with Crippen LogP contribution >= 0.6 is 0 Å². The topological polar surface area (TPSA) is 46.6 Å². The minimum Gasteiger partial charge on any atom is -0.466 e. The quantitative estimate of drug-likeness (QED) is 0.187. The standard InChI is InChI=1S/C34H35F6NO3/c1-4-44-32(43)30(16-21(2)3)27-18-25(22-7-11-28(12-8-22)33(35,36)37)17-26(19-27)24-6-5-15-41(20-24)31(42)23-9-13-29(14-10-23)34(38,39)40/h7-14,17-19,21,24,30H,4-6,15-16,20H2,1-3H3. The highest BCUT2D eigenvalue weighted by Gasteiger charge is 2.33. The van der Waals surface area contributed by atoms with Crippen LogP contribution in [0.3, 0.4) is 0 Å². The Kier molecular flexibility index (Phi) is 10.1. The Morgan fingerprint density at radius 1 is 0.864 bits per heavy atom. The molecule has 1 saturated heterocycles. The normalized spacial score (nSPS) is 16.6. The first-order valence-corrected chi connectivity index (χ1v) is 14.6. The van der Waals surface area contributed by atoms with Gasteiger partial charge in [-0.05, 0) is 90.8 Å². The molecule has 3 aromatic rings. The molecule has 1 aliphatic heterocycles. The van der Waals surface area contributed by atoms with E-state index in [2.05, 4.69) is 0 Å². The highest BCUT2D eigenvalue weighted by molar-refractivity contribution is 5.94. The van der Waals surface area contributed by atoms with Gasteiger partial charge in [0.05, 0.1) is 23.7 Å². The number of benzene rings is 3. The molecule has 1 aliphatic rings. The second kappa shape index (κ2) is 13.4. The number of halogens is 6. The predicted molar refractivity (Wildman–Crippen MR) is 155 cm³/mol. The summed E-state index contributed by atoms with van der Waals surface area (Å²) in [7, 11) is 0. The minimum atomic E-state index is -4.51. The number of carbonyl (C=O) groups excluding carboxylic acids is 2. The molecule has 0 bridgehead atoms. The number of esters is 1. The highest BCUT2D eigenvalue weighted by atomic mass is 19.4. The number of likely N-dealkylation sites (tertiary alicyclic amines) is 1. The Bertz CT molecular complexity index is 1450. The number of amides is 1. The van der Waals surface area contributed by atoms with E-state index in [1.807, 2.05) is 32.0 Å². The third kappa shape index (κ3) is 8.01. The van der Waals surface area contributed by atoms with E-state index in [0.29, 0.717) is 49.0 Å². The predicted octanol–water partition coefficient (Wildman–Crippen LogP) is 9.10. The summed E-state index contributed by atoms with van der Waals surface area (Å²) in [5.74, 6) is -1.39. The lowest BCUT2D eigenvalue weighted by atomic mass is 9.83. The molecule has 3 aromatic carbocycles. The molecule has 2 unspecified atom stereocenters. The van der Waals surface area contributed by atoms with E-state index in [4.69, 9.17) is 4.74 Å². The molecule has 0 aromatic heterocycles. The van der Waals surface area contributed by atoms with Crippen LogP contribution in [0, 0.1) is 5.92 Å². The molecular weight excluding hydrogens is 584 g/mol. The van der Waals surface area contributed by atoms with Crippen molar-refractivity contribution in [3.63, 3.8) is 0 Å². The SMILES string of the molecule is CCOC(=O)C(CC(C)C)c1cc(-c2ccc(C(F)(F)F)cc2)cc(C2CCCN(C(=O)c3ccc(C(F)(F)F)cc3)C2)c1. The molecule has 0 spiro atoms. The maximum absolute atomic E-state index is 13.3. The minimum absolute atomic E-state index is 0.147. The van der Waals surface area contributed by atoms with Gasteiger partial charge in [-0.1, -0.05) is 44.2 Å². The Morgan fingerprint density at radius 2 is 1.45 bits per heavy atom. The van der Waals surface area contributed by atoms with Crippen LogP contribution in [-0.4, -0.2) is 36.5 Å². The van der Waals surface area contributed by atoms with Crippen molar-refractivity contribution in [1.29, 1.82) is 0 Å². The summed E-state index contributed by atoms with van der Waals surface area (Å²) in [6.07, 6.45) is -7.14. The zero-order chi connectivity index (χ0) is 32.2. The van der Waals surface area contributed by atoms with E-state index >= 15 is 0 Å². The summed E-state index contributed by atoms with van der Waals surface area (Å²) in [6.45, 7) is 6.61. The average molecular weight is 620 g/mol. The monoisotopic (exact) mass is 619 g/mol. The summed E-state index contributed by atoms with van der Waals surface area (Å²) in [5, 5.41) is 0. The zero-order valence-corrected chi connectivity index (χ0v) is 24.8. The van der Waals surface area contributed by atoms with Crippen molar-refractivity contribution in [2.75, 3.05) is 19.7 Å². The lowest BCUT2D eigenvalue weighted by molar-refractivity contribution is -0.145. The Balaban J connectivity index is 1.71. The van der Waals surface area contributed by atoms with E-state index in [-0.39, 0.29) is 35.9 Å². The number of rotatable bonds is 8. The fraction of sp³-hybridized carbons (Fsp3) is 0.412. The summed E-state index contributed by atoms with van der Waals surface area (Å²) in [5.41, 5.74) is 1.22. The number of carbonyl (C=O) groups is 2. The van der Waals surface area contributed by atoms with E-state index in [1.54, 1.807) is 11.8 Å². The van der Waals surface area contributed by atoms with Crippen molar-refractivity contribution >= 4 is 11.9 Å². The van der Waals surface area contributed by atoms with Gasteiger partial charge >= 0.3 is 18.3 Å². The van der Waals surface area contributed by atoms with Gasteiger partial charge in [-0.25, -0.2) is 0 Å². The molecule has 2 atom stereocenters. The first-order valence-electron chi connectivity index (χ1n) is 14.6. The van der Waals surface area contributed by atoms with Crippen LogP contribution in [0.25, 0.3) is 11.1 Å². The van der Waals surface area contributed by atoms with Crippen LogP contribution < -0.4 is 0 Å². The number of hydrogen-bond acceptors (Lipinski definition) is 3. The first kappa shape index (κ1) is 33.1. The molecule has 44 heavy (non-hydrogen) atoms. The Morgan fingerprint density at radius 3 is 2.00 bits per heavy atom. The molecule has 0 radical (unpaired) electrons. The molecule has 1 heterocycles. The van der Waals surface area contributed by atoms with Crippen LogP contribution in [0.15, 0.2) is 66.7 Å². The highest BCUT2D eigenvalue weighted by Crippen LogP contribution is 2.37. The molecule has 10 heteroatoms. The van der Waals surface area contributed by atoms with Gasteiger partial charge in [-0.15, -0.1) is 0 Å². The third-order valence-electron chi connectivity index (χ3n) is 7.84. The lowest BCUT2D eigenvalue weighted by Crippen LogP contribution is -2.39. The van der Waals surface area contributed by atoms with E-state index in [1.165, 1.54) is 24.3 Å². The van der Waals surface area contributed by atoms with Crippen molar-refractivity contribution in [3.8, 4) is 11.1 Å². The van der Waals surface area contributed by atoms with Gasteiger partial charge in [0.1, 0.15) is 0 Å². The number of alkyl halides is 6. The van der Waals surface area contributed by atoms with E-state index < -0.39 is 29.4 Å². The molecule has 236 valence electrons. The summed E-state index contributed by atoms with van der Waals surface area (Å²) in [6, 6.07) is 14.6. The van der Waals surface area contributed by atoms with Crippen LogP contribution in [0.5, 0.6) is 0 Å². The smallest absolute Gasteiger partial charge is 0.416 e. The van der Waals surface area contributed by atoms with Crippen molar-refractivity contribution < 1.29 is 40.7 Å². The summed E-state index contributed by atoms with van der Waals surface area (Å²) < 4.78 is 84.2. The number of piperidine rings is 1. The summed E-state index contributed by atoms with van der Waals surface area (Å²) in [4.78, 5) is 28.0. The lowest BCUT2D eigenvalue weighted by Gasteiger charge is -2.34. The van der Waals surface area contributed by atoms with Gasteiger partial charge in [0, 0.05) is 24.6 Å². The van der Waals surface area contributed by atoms with E-state index in [0.717, 1.165) is 29.8 Å². The molecular formula is C34H35F6NO3. The number of hydrogen-bond donors (Lipinski definition) is 0. The second-order valence-corrected chi connectivity index (χ2v) is 11.6. The molecule has 0 aliphatic carbocycles. The molecule has 0 N–H and O–H groups in total. The average Bonchev–Trinajstić information content (AvgIpc) is 2.98. The largest absolute Gasteiger partial charge is 0.466 e. The van der Waals surface area contributed by atoms with E-state index in [9.17, 15) is 35.9 Å². The number of nitrogens with zero attached hydrogens (tertiary/aromatic N) is 1. The van der Waals surface area contributed by atoms with Crippen molar-refractivity contribution in [3.05, 3.63) is 94.5 Å². The third-order valence-corrected chi connectivity index (χ3v) is 7.84. The van der Waals surface area contributed by atoms with Gasteiger partial charge in [0.25, 0.3) is 5.91 Å². The maximum atomic E-state index is 13.3. The zero-order valence-electron chi connectivity index (χ0n) is 24.8. The van der Waals surface area contributed by atoms with Crippen LogP contribution in [0.2, 0.25) is 0 Å².